The van der Waals surface area contributed by atoms with Crippen molar-refractivity contribution < 1.29 is 19.3 Å². The van der Waals surface area contributed by atoms with Gasteiger partial charge in [0, 0.05) is 52.5 Å². The molecule has 184 valence electrons. The van der Waals surface area contributed by atoms with Crippen LogP contribution in [0.3, 0.4) is 0 Å². The second-order valence-electron chi connectivity index (χ2n) is 9.52. The molecule has 0 saturated carbocycles. The summed E-state index contributed by atoms with van der Waals surface area (Å²) in [7, 11) is 5.79. The molecule has 2 N–H and O–H groups in total. The van der Waals surface area contributed by atoms with Gasteiger partial charge in [0.05, 0.1) is 37.6 Å². The number of rotatable bonds is 7. The number of hydrogen-bond donors (Lipinski definition) is 2. The number of para-hydroxylation sites is 2. The second-order valence-corrected chi connectivity index (χ2v) is 9.52. The van der Waals surface area contributed by atoms with Gasteiger partial charge >= 0.3 is 0 Å². The van der Waals surface area contributed by atoms with Gasteiger partial charge in [0.15, 0.2) is 6.29 Å². The number of nitrogens with zero attached hydrogens (tertiary/aromatic N) is 3. The largest absolute Gasteiger partial charge is 0.495 e. The quantitative estimate of drug-likeness (QED) is 0.634. The Hall–Kier alpha value is -2.36. The minimum Gasteiger partial charge on any atom is -0.495 e. The second kappa shape index (κ2) is 10.1. The predicted octanol–water partition coefficient (Wildman–Crippen LogP) is 1.53. The minimum absolute atomic E-state index is 0.132. The first kappa shape index (κ1) is 23.4. The van der Waals surface area contributed by atoms with Crippen molar-refractivity contribution >= 4 is 11.4 Å². The third-order valence-electron chi connectivity index (χ3n) is 7.29. The van der Waals surface area contributed by atoms with Gasteiger partial charge in [-0.3, -0.25) is 4.90 Å². The number of fused-ring (bicyclic) bond motifs is 2. The number of aliphatic hydroxyl groups excluding tert-OH is 1. The van der Waals surface area contributed by atoms with E-state index in [0.29, 0.717) is 13.2 Å². The lowest BCUT2D eigenvalue weighted by atomic mass is 9.94. The van der Waals surface area contributed by atoms with Crippen molar-refractivity contribution in [2.45, 2.75) is 37.1 Å². The van der Waals surface area contributed by atoms with Crippen molar-refractivity contribution in [3.8, 4) is 5.75 Å². The van der Waals surface area contributed by atoms with Crippen LogP contribution in [0.15, 0.2) is 48.5 Å². The van der Waals surface area contributed by atoms with Crippen molar-refractivity contribution in [1.82, 2.24) is 10.2 Å². The summed E-state index contributed by atoms with van der Waals surface area (Å²) < 4.78 is 17.7. The Morgan fingerprint density at radius 1 is 1.06 bits per heavy atom. The summed E-state index contributed by atoms with van der Waals surface area (Å²) in [6.07, 6.45) is -1.08. The van der Waals surface area contributed by atoms with Crippen LogP contribution in [0.1, 0.15) is 5.56 Å². The molecule has 3 fully saturated rings. The van der Waals surface area contributed by atoms with Gasteiger partial charge in [0.2, 0.25) is 0 Å². The molecule has 5 unspecified atom stereocenters. The number of hydrogen-bond acceptors (Lipinski definition) is 8. The van der Waals surface area contributed by atoms with Crippen LogP contribution in [0.2, 0.25) is 0 Å². The maximum Gasteiger partial charge on any atom is 0.176 e. The van der Waals surface area contributed by atoms with Gasteiger partial charge in [0.25, 0.3) is 0 Å². The van der Waals surface area contributed by atoms with Crippen LogP contribution in [-0.2, 0) is 16.0 Å². The van der Waals surface area contributed by atoms with E-state index in [4.69, 9.17) is 14.2 Å². The zero-order valence-corrected chi connectivity index (χ0v) is 20.3. The summed E-state index contributed by atoms with van der Waals surface area (Å²) in [6.45, 7) is 4.55. The van der Waals surface area contributed by atoms with E-state index in [9.17, 15) is 5.11 Å². The lowest BCUT2D eigenvalue weighted by Gasteiger charge is -2.47. The number of benzene rings is 2. The van der Waals surface area contributed by atoms with Crippen molar-refractivity contribution in [3.63, 3.8) is 0 Å². The molecule has 0 spiro atoms. The molecule has 2 aromatic rings. The summed E-state index contributed by atoms with van der Waals surface area (Å²) in [5.74, 6) is 0.891. The van der Waals surface area contributed by atoms with E-state index in [2.05, 4.69) is 50.3 Å². The van der Waals surface area contributed by atoms with E-state index in [-0.39, 0.29) is 24.5 Å². The number of ether oxygens (including phenoxy) is 3. The lowest BCUT2D eigenvalue weighted by Crippen LogP contribution is -2.66. The number of anilines is 2. The number of nitrogens with one attached hydrogen (secondary N) is 1. The normalized spacial score (nSPS) is 29.3. The highest BCUT2D eigenvalue weighted by Gasteiger charge is 2.52. The van der Waals surface area contributed by atoms with Crippen LogP contribution < -0.4 is 19.9 Å². The van der Waals surface area contributed by atoms with Gasteiger partial charge in [0.1, 0.15) is 11.9 Å². The summed E-state index contributed by atoms with van der Waals surface area (Å²) in [6, 6.07) is 16.2. The molecule has 3 aliphatic heterocycles. The molecule has 3 aliphatic rings. The Morgan fingerprint density at radius 3 is 2.50 bits per heavy atom. The Labute approximate surface area is 202 Å². The van der Waals surface area contributed by atoms with Crippen molar-refractivity contribution in [2.75, 3.05) is 63.8 Å². The first-order valence-corrected chi connectivity index (χ1v) is 12.1. The third kappa shape index (κ3) is 4.61. The summed E-state index contributed by atoms with van der Waals surface area (Å²) in [4.78, 5) is 6.75. The average Bonchev–Trinajstić information content (AvgIpc) is 3.29. The van der Waals surface area contributed by atoms with Gasteiger partial charge in [-0.25, -0.2) is 0 Å². The Morgan fingerprint density at radius 2 is 1.79 bits per heavy atom. The minimum atomic E-state index is -0.565. The topological polar surface area (TPSA) is 69.7 Å². The SMILES string of the molecule is COc1ccccc1N1CCN(C2C3OCC(O3)C(NCc3ccc(N(C)C)cc3)C2O)CC1. The molecule has 8 nitrogen and oxygen atoms in total. The summed E-state index contributed by atoms with van der Waals surface area (Å²) in [5.41, 5.74) is 3.46. The van der Waals surface area contributed by atoms with Crippen LogP contribution >= 0.6 is 0 Å². The number of piperazine rings is 1. The smallest absolute Gasteiger partial charge is 0.176 e. The monoisotopic (exact) mass is 468 g/mol. The predicted molar refractivity (Wildman–Crippen MR) is 133 cm³/mol. The van der Waals surface area contributed by atoms with E-state index in [1.807, 2.05) is 32.3 Å². The maximum atomic E-state index is 11.4. The van der Waals surface area contributed by atoms with Crippen LogP contribution in [0.4, 0.5) is 11.4 Å². The molecule has 0 amide bonds. The highest BCUT2D eigenvalue weighted by Crippen LogP contribution is 2.34. The van der Waals surface area contributed by atoms with Gasteiger partial charge in [-0.05, 0) is 29.8 Å². The highest BCUT2D eigenvalue weighted by molar-refractivity contribution is 5.58. The molecule has 8 heteroatoms. The van der Waals surface area contributed by atoms with Crippen molar-refractivity contribution in [3.05, 3.63) is 54.1 Å². The molecular weight excluding hydrogens is 432 g/mol. The molecule has 2 aromatic carbocycles. The van der Waals surface area contributed by atoms with E-state index in [1.165, 1.54) is 11.3 Å². The molecule has 5 atom stereocenters. The molecule has 0 aliphatic carbocycles. The first-order chi connectivity index (χ1) is 16.5. The number of methoxy groups -OCH3 is 1. The van der Waals surface area contributed by atoms with E-state index in [1.54, 1.807) is 7.11 Å². The van der Waals surface area contributed by atoms with Crippen molar-refractivity contribution in [1.29, 1.82) is 0 Å². The van der Waals surface area contributed by atoms with Crippen LogP contribution in [0, 0.1) is 0 Å². The zero-order chi connectivity index (χ0) is 23.7. The van der Waals surface area contributed by atoms with Crippen LogP contribution in [0.25, 0.3) is 0 Å². The fourth-order valence-corrected chi connectivity index (χ4v) is 5.34. The van der Waals surface area contributed by atoms with Gasteiger partial charge < -0.3 is 34.4 Å². The molecule has 2 bridgehead atoms. The van der Waals surface area contributed by atoms with Crippen LogP contribution in [0.5, 0.6) is 5.75 Å². The molecule has 0 radical (unpaired) electrons. The Bertz CT molecular complexity index is 948. The molecular formula is C26H36N4O4. The van der Waals surface area contributed by atoms with Crippen molar-refractivity contribution in [2.24, 2.45) is 0 Å². The van der Waals surface area contributed by atoms with Crippen LogP contribution in [-0.4, -0.2) is 94.6 Å². The molecule has 5 rings (SSSR count). The maximum absolute atomic E-state index is 11.4. The molecule has 0 aromatic heterocycles. The summed E-state index contributed by atoms with van der Waals surface area (Å²) >= 11 is 0. The average molecular weight is 469 g/mol. The Balaban J connectivity index is 1.22. The Kier molecular flexibility index (Phi) is 6.94. The molecule has 3 saturated heterocycles. The molecule has 3 heterocycles. The fraction of sp³-hybridized carbons (Fsp3) is 0.538. The van der Waals surface area contributed by atoms with E-state index >= 15 is 0 Å². The van der Waals surface area contributed by atoms with Gasteiger partial charge in [-0.2, -0.15) is 0 Å². The first-order valence-electron chi connectivity index (χ1n) is 12.1. The molecule has 34 heavy (non-hydrogen) atoms. The summed E-state index contributed by atoms with van der Waals surface area (Å²) in [5, 5.41) is 15.0. The van der Waals surface area contributed by atoms with E-state index < -0.39 is 6.10 Å². The number of aliphatic hydroxyl groups is 1. The van der Waals surface area contributed by atoms with E-state index in [0.717, 1.165) is 37.6 Å². The standard InChI is InChI=1S/C26H36N4O4/c1-28(2)19-10-8-18(9-11-19)16-27-23-22-17-33-26(34-22)24(25(23)31)30-14-12-29(13-15-30)20-6-4-5-7-21(20)32-3/h4-11,22-27,31H,12-17H2,1-3H3. The highest BCUT2D eigenvalue weighted by atomic mass is 16.7. The van der Waals surface area contributed by atoms with Gasteiger partial charge in [-0.1, -0.05) is 24.3 Å². The zero-order valence-electron chi connectivity index (χ0n) is 20.3. The van der Waals surface area contributed by atoms with Gasteiger partial charge in [-0.15, -0.1) is 0 Å². The third-order valence-corrected chi connectivity index (χ3v) is 7.29. The fourth-order valence-electron chi connectivity index (χ4n) is 5.34. The lowest BCUT2D eigenvalue weighted by molar-refractivity contribution is -0.183.